The van der Waals surface area contributed by atoms with Crippen molar-refractivity contribution in [1.29, 1.82) is 0 Å². The van der Waals surface area contributed by atoms with E-state index in [4.69, 9.17) is 0 Å². The second kappa shape index (κ2) is 8.37. The minimum Gasteiger partial charge on any atom is -0.371 e. The third kappa shape index (κ3) is 5.11. The van der Waals surface area contributed by atoms with Crippen LogP contribution >= 0.6 is 0 Å². The Bertz CT molecular complexity index is 839. The molecule has 0 fully saturated rings. The molecule has 3 rings (SSSR count). The fraction of sp³-hybridized carbons (Fsp3) is 0.263. The lowest BCUT2D eigenvalue weighted by atomic mass is 10.0. The van der Waals surface area contributed by atoms with Crippen molar-refractivity contribution in [3.63, 3.8) is 0 Å². The first-order valence-electron chi connectivity index (χ1n) is 7.98. The van der Waals surface area contributed by atoms with Crippen LogP contribution in [0.5, 0.6) is 0 Å². The van der Waals surface area contributed by atoms with Crippen molar-refractivity contribution in [1.82, 2.24) is 10.2 Å². The summed E-state index contributed by atoms with van der Waals surface area (Å²) >= 11 is 0. The van der Waals surface area contributed by atoms with Crippen molar-refractivity contribution in [2.45, 2.75) is 20.3 Å². The lowest BCUT2D eigenvalue weighted by Crippen LogP contribution is -1.92. The number of nitrogens with one attached hydrogen (secondary N) is 2. The second-order valence-corrected chi connectivity index (χ2v) is 6.04. The third-order valence-corrected chi connectivity index (χ3v) is 3.47. The molecule has 0 bridgehead atoms. The number of carbonyl (C=O) groups excluding carboxylic acids is 1. The van der Waals surface area contributed by atoms with Gasteiger partial charge in [-0.1, -0.05) is 19.9 Å². The number of carbonyl (C=O) groups is 1. The van der Waals surface area contributed by atoms with Gasteiger partial charge in [-0.3, -0.25) is 5.10 Å². The fourth-order valence-corrected chi connectivity index (χ4v) is 2.31. The highest BCUT2D eigenvalue weighted by Crippen LogP contribution is 2.23. The summed E-state index contributed by atoms with van der Waals surface area (Å²) < 4.78 is 26.4. The van der Waals surface area contributed by atoms with Gasteiger partial charge < -0.3 is 10.1 Å². The predicted octanol–water partition coefficient (Wildman–Crippen LogP) is 4.31. The largest absolute Gasteiger partial charge is 0.371 e. The summed E-state index contributed by atoms with van der Waals surface area (Å²) in [5, 5.41) is 11.0. The number of aldehydes is 1. The molecule has 0 saturated heterocycles. The zero-order valence-corrected chi connectivity index (χ0v) is 14.4. The molecule has 0 spiro atoms. The third-order valence-electron chi connectivity index (χ3n) is 3.47. The molecule has 0 unspecified atom stereocenters. The lowest BCUT2D eigenvalue weighted by Gasteiger charge is -2.04. The number of anilines is 1. The highest BCUT2D eigenvalue weighted by molar-refractivity contribution is 5.90. The summed E-state index contributed by atoms with van der Waals surface area (Å²) in [6.45, 7) is 3.71. The summed E-state index contributed by atoms with van der Waals surface area (Å²) in [6, 6.07) is 9.37. The Balaban J connectivity index is 0.000000399. The van der Waals surface area contributed by atoms with Crippen molar-refractivity contribution in [3.05, 3.63) is 59.2 Å². The van der Waals surface area contributed by atoms with Crippen LogP contribution in [0.15, 0.2) is 36.4 Å². The summed E-state index contributed by atoms with van der Waals surface area (Å²) in [5.41, 5.74) is 2.50. The van der Waals surface area contributed by atoms with E-state index in [0.29, 0.717) is 12.0 Å². The maximum Gasteiger partial charge on any atom is 0.155 e. The molecular weight excluding hydrogens is 324 g/mol. The number of aromatic nitrogens is 2. The van der Waals surface area contributed by atoms with Crippen LogP contribution in [0.4, 0.5) is 14.6 Å². The standard InChI is InChI=1S/C15H13F2N3.C4H8O/c1-18-15-13-7-9(2-3-14(13)19-20-15)4-10-5-11(16)8-12(17)6-10;1-4(2)3-5/h2-3,5-8H,4H2,1H3,(H2,18,19,20);3-4H,1-2H3. The van der Waals surface area contributed by atoms with Crippen LogP contribution in [0, 0.1) is 17.6 Å². The number of benzene rings is 2. The Morgan fingerprint density at radius 3 is 2.32 bits per heavy atom. The number of H-pyrrole nitrogens is 1. The maximum atomic E-state index is 13.2. The molecule has 0 aliphatic heterocycles. The van der Waals surface area contributed by atoms with Gasteiger partial charge >= 0.3 is 0 Å². The van der Waals surface area contributed by atoms with Crippen molar-refractivity contribution < 1.29 is 13.6 Å². The van der Waals surface area contributed by atoms with Crippen molar-refractivity contribution in [2.75, 3.05) is 12.4 Å². The molecule has 6 heteroatoms. The summed E-state index contributed by atoms with van der Waals surface area (Å²) in [6.07, 6.45) is 1.39. The first kappa shape index (κ1) is 18.6. The van der Waals surface area contributed by atoms with E-state index >= 15 is 0 Å². The van der Waals surface area contributed by atoms with Gasteiger partial charge in [0.25, 0.3) is 0 Å². The van der Waals surface area contributed by atoms with E-state index in [1.54, 1.807) is 7.05 Å². The van der Waals surface area contributed by atoms with E-state index < -0.39 is 11.6 Å². The topological polar surface area (TPSA) is 57.8 Å². The smallest absolute Gasteiger partial charge is 0.155 e. The Labute approximate surface area is 145 Å². The van der Waals surface area contributed by atoms with Crippen LogP contribution in [0.1, 0.15) is 25.0 Å². The molecule has 0 saturated carbocycles. The monoisotopic (exact) mass is 345 g/mol. The SMILES string of the molecule is CC(C)C=O.CNc1n[nH]c2ccc(Cc3cc(F)cc(F)c3)cc12. The molecule has 4 nitrogen and oxygen atoms in total. The summed E-state index contributed by atoms with van der Waals surface area (Å²) in [4.78, 5) is 9.50. The van der Waals surface area contributed by atoms with Gasteiger partial charge in [-0.25, -0.2) is 8.78 Å². The molecule has 2 N–H and O–H groups in total. The molecule has 3 aromatic rings. The van der Waals surface area contributed by atoms with Crippen LogP contribution in [-0.2, 0) is 11.2 Å². The first-order chi connectivity index (χ1) is 11.9. The Kier molecular flexibility index (Phi) is 6.22. The van der Waals surface area contributed by atoms with Crippen LogP contribution < -0.4 is 5.32 Å². The van der Waals surface area contributed by atoms with Gasteiger partial charge in [-0.05, 0) is 41.8 Å². The Morgan fingerprint density at radius 2 is 1.76 bits per heavy atom. The summed E-state index contributed by atoms with van der Waals surface area (Å²) in [5.74, 6) is -0.150. The molecule has 0 aliphatic carbocycles. The number of fused-ring (bicyclic) bond motifs is 1. The molecule has 0 radical (unpaired) electrons. The zero-order chi connectivity index (χ0) is 18.4. The minimum absolute atomic E-state index is 0.204. The van der Waals surface area contributed by atoms with E-state index in [2.05, 4.69) is 15.5 Å². The lowest BCUT2D eigenvalue weighted by molar-refractivity contribution is -0.110. The molecule has 132 valence electrons. The van der Waals surface area contributed by atoms with E-state index in [1.165, 1.54) is 12.1 Å². The maximum absolute atomic E-state index is 13.2. The van der Waals surface area contributed by atoms with Crippen LogP contribution in [0.3, 0.4) is 0 Å². The normalized spacial score (nSPS) is 10.5. The quantitative estimate of drug-likeness (QED) is 0.693. The van der Waals surface area contributed by atoms with E-state index in [9.17, 15) is 13.6 Å². The molecule has 0 amide bonds. The van der Waals surface area contributed by atoms with Crippen molar-refractivity contribution in [2.24, 2.45) is 5.92 Å². The second-order valence-electron chi connectivity index (χ2n) is 6.04. The van der Waals surface area contributed by atoms with Gasteiger partial charge in [0.15, 0.2) is 5.82 Å². The average molecular weight is 345 g/mol. The zero-order valence-electron chi connectivity index (χ0n) is 14.4. The van der Waals surface area contributed by atoms with Crippen LogP contribution in [0.2, 0.25) is 0 Å². The summed E-state index contributed by atoms with van der Waals surface area (Å²) in [7, 11) is 1.80. The Hall–Kier alpha value is -2.76. The fourth-order valence-electron chi connectivity index (χ4n) is 2.31. The molecule has 1 heterocycles. The van der Waals surface area contributed by atoms with Gasteiger partial charge in [-0.2, -0.15) is 5.10 Å². The number of aromatic amines is 1. The van der Waals surface area contributed by atoms with Gasteiger partial charge in [0.05, 0.1) is 5.52 Å². The predicted molar refractivity (Wildman–Crippen MR) is 95.7 cm³/mol. The van der Waals surface area contributed by atoms with E-state index in [-0.39, 0.29) is 5.92 Å². The molecule has 25 heavy (non-hydrogen) atoms. The van der Waals surface area contributed by atoms with Gasteiger partial charge in [0, 0.05) is 24.4 Å². The number of hydrogen-bond acceptors (Lipinski definition) is 3. The average Bonchev–Trinajstić information content (AvgIpc) is 2.96. The number of halogens is 2. The molecule has 1 aromatic heterocycles. The van der Waals surface area contributed by atoms with E-state index in [1.807, 2.05) is 32.0 Å². The molecule has 2 aromatic carbocycles. The first-order valence-corrected chi connectivity index (χ1v) is 7.98. The highest BCUT2D eigenvalue weighted by atomic mass is 19.1. The minimum atomic E-state index is -0.555. The Morgan fingerprint density at radius 1 is 1.12 bits per heavy atom. The number of nitrogens with zero attached hydrogens (tertiary/aromatic N) is 1. The molecule has 0 aliphatic rings. The van der Waals surface area contributed by atoms with Gasteiger partial charge in [-0.15, -0.1) is 0 Å². The van der Waals surface area contributed by atoms with E-state index in [0.717, 1.165) is 34.6 Å². The number of rotatable bonds is 4. The van der Waals surface area contributed by atoms with Crippen molar-refractivity contribution in [3.8, 4) is 0 Å². The van der Waals surface area contributed by atoms with Gasteiger partial charge in [0.2, 0.25) is 0 Å². The molecule has 0 atom stereocenters. The molecular formula is C19H21F2N3O. The van der Waals surface area contributed by atoms with Gasteiger partial charge in [0.1, 0.15) is 17.9 Å². The van der Waals surface area contributed by atoms with Crippen LogP contribution in [-0.4, -0.2) is 23.5 Å². The number of hydrogen-bond donors (Lipinski definition) is 2. The van der Waals surface area contributed by atoms with Crippen molar-refractivity contribution >= 4 is 23.0 Å². The van der Waals surface area contributed by atoms with Crippen LogP contribution in [0.25, 0.3) is 10.9 Å². The highest BCUT2D eigenvalue weighted by Gasteiger charge is 2.07.